The Morgan fingerprint density at radius 2 is 2.06 bits per heavy atom. The van der Waals surface area contributed by atoms with Gasteiger partial charge in [-0.3, -0.25) is 0 Å². The smallest absolute Gasteiger partial charge is 0.139 e. The molecule has 0 unspecified atom stereocenters. The molecule has 1 fully saturated rings. The first kappa shape index (κ1) is 12.6. The van der Waals surface area contributed by atoms with Gasteiger partial charge < -0.3 is 16.2 Å². The monoisotopic (exact) mass is 302 g/mol. The lowest BCUT2D eigenvalue weighted by Crippen LogP contribution is -2.33. The standard InChI is InChI=1S/C12H16BrFN2O/c13-8-5-11(10(15)6-9(8)14)16-7-12(17)3-1-2-4-12/h5-6,16-17H,1-4,7,15H2. The van der Waals surface area contributed by atoms with Gasteiger partial charge in [0.15, 0.2) is 0 Å². The number of anilines is 2. The molecule has 0 bridgehead atoms. The largest absolute Gasteiger partial charge is 0.397 e. The fourth-order valence-electron chi connectivity index (χ4n) is 2.18. The molecule has 94 valence electrons. The lowest BCUT2D eigenvalue weighted by molar-refractivity contribution is 0.0615. The van der Waals surface area contributed by atoms with Crippen molar-refractivity contribution in [2.24, 2.45) is 0 Å². The molecule has 0 saturated heterocycles. The van der Waals surface area contributed by atoms with Crippen LogP contribution < -0.4 is 11.1 Å². The molecule has 0 atom stereocenters. The SMILES string of the molecule is Nc1cc(F)c(Br)cc1NCC1(O)CCCC1. The van der Waals surface area contributed by atoms with Gasteiger partial charge in [0, 0.05) is 12.6 Å². The van der Waals surface area contributed by atoms with Gasteiger partial charge in [0.25, 0.3) is 0 Å². The molecule has 0 heterocycles. The zero-order valence-electron chi connectivity index (χ0n) is 9.47. The fourth-order valence-corrected chi connectivity index (χ4v) is 2.53. The van der Waals surface area contributed by atoms with Crippen LogP contribution in [0, 0.1) is 5.82 Å². The highest BCUT2D eigenvalue weighted by Crippen LogP contribution is 2.31. The third-order valence-electron chi connectivity index (χ3n) is 3.23. The number of hydrogen-bond donors (Lipinski definition) is 3. The molecule has 0 radical (unpaired) electrons. The highest BCUT2D eigenvalue weighted by molar-refractivity contribution is 9.10. The van der Waals surface area contributed by atoms with Crippen LogP contribution in [0.25, 0.3) is 0 Å². The van der Waals surface area contributed by atoms with Crippen LogP contribution in [-0.4, -0.2) is 17.3 Å². The highest BCUT2D eigenvalue weighted by Gasteiger charge is 2.30. The van der Waals surface area contributed by atoms with Crippen LogP contribution in [0.5, 0.6) is 0 Å². The van der Waals surface area contributed by atoms with Gasteiger partial charge in [-0.15, -0.1) is 0 Å². The first-order valence-electron chi connectivity index (χ1n) is 5.71. The summed E-state index contributed by atoms with van der Waals surface area (Å²) in [6.07, 6.45) is 3.73. The van der Waals surface area contributed by atoms with E-state index in [9.17, 15) is 9.50 Å². The molecule has 0 aromatic heterocycles. The number of benzene rings is 1. The van der Waals surface area contributed by atoms with Gasteiger partial charge >= 0.3 is 0 Å². The van der Waals surface area contributed by atoms with Crippen molar-refractivity contribution in [3.8, 4) is 0 Å². The van der Waals surface area contributed by atoms with Crippen molar-refractivity contribution in [1.82, 2.24) is 0 Å². The first-order chi connectivity index (χ1) is 8.00. The summed E-state index contributed by atoms with van der Waals surface area (Å²) in [5, 5.41) is 13.3. The first-order valence-corrected chi connectivity index (χ1v) is 6.50. The summed E-state index contributed by atoms with van der Waals surface area (Å²) < 4.78 is 13.5. The predicted molar refractivity (Wildman–Crippen MR) is 70.4 cm³/mol. The normalized spacial score (nSPS) is 18.3. The number of rotatable bonds is 3. The molecule has 2 rings (SSSR count). The van der Waals surface area contributed by atoms with E-state index in [0.717, 1.165) is 25.7 Å². The summed E-state index contributed by atoms with van der Waals surface area (Å²) in [4.78, 5) is 0. The minimum Gasteiger partial charge on any atom is -0.397 e. The van der Waals surface area contributed by atoms with Crippen LogP contribution in [0.4, 0.5) is 15.8 Å². The molecular weight excluding hydrogens is 287 g/mol. The van der Waals surface area contributed by atoms with E-state index in [4.69, 9.17) is 5.73 Å². The van der Waals surface area contributed by atoms with Crippen LogP contribution in [0.15, 0.2) is 16.6 Å². The second-order valence-electron chi connectivity index (χ2n) is 4.64. The second kappa shape index (κ2) is 4.82. The number of hydrogen-bond acceptors (Lipinski definition) is 3. The van der Waals surface area contributed by atoms with Gasteiger partial charge in [0.1, 0.15) is 5.82 Å². The topological polar surface area (TPSA) is 58.3 Å². The van der Waals surface area contributed by atoms with E-state index in [0.29, 0.717) is 22.4 Å². The van der Waals surface area contributed by atoms with Gasteiger partial charge in [-0.1, -0.05) is 12.8 Å². The van der Waals surface area contributed by atoms with E-state index in [1.807, 2.05) is 0 Å². The third kappa shape index (κ3) is 2.90. The number of nitrogens with two attached hydrogens (primary N) is 1. The highest BCUT2D eigenvalue weighted by atomic mass is 79.9. The van der Waals surface area contributed by atoms with Crippen LogP contribution in [0.3, 0.4) is 0 Å². The summed E-state index contributed by atoms with van der Waals surface area (Å²) >= 11 is 3.11. The Morgan fingerprint density at radius 1 is 1.41 bits per heavy atom. The zero-order chi connectivity index (χ0) is 12.5. The summed E-state index contributed by atoms with van der Waals surface area (Å²) in [7, 11) is 0. The van der Waals surface area contributed by atoms with Gasteiger partial charge in [-0.2, -0.15) is 0 Å². The fraction of sp³-hybridized carbons (Fsp3) is 0.500. The van der Waals surface area contributed by atoms with Crippen LogP contribution in [0.1, 0.15) is 25.7 Å². The maximum atomic E-state index is 13.2. The van der Waals surface area contributed by atoms with Crippen molar-refractivity contribution in [3.05, 3.63) is 22.4 Å². The van der Waals surface area contributed by atoms with Gasteiger partial charge in [-0.05, 0) is 34.8 Å². The molecular formula is C12H16BrFN2O. The molecule has 0 aliphatic heterocycles. The predicted octanol–water partition coefficient (Wildman–Crippen LogP) is 2.89. The van der Waals surface area contributed by atoms with E-state index in [1.165, 1.54) is 6.07 Å². The van der Waals surface area contributed by atoms with Crippen molar-refractivity contribution >= 4 is 27.3 Å². The number of halogens is 2. The Hall–Kier alpha value is -0.810. The number of nitrogen functional groups attached to an aromatic ring is 1. The molecule has 1 aromatic carbocycles. The van der Waals surface area contributed by atoms with Crippen LogP contribution in [-0.2, 0) is 0 Å². The number of aliphatic hydroxyl groups is 1. The number of nitrogens with one attached hydrogen (secondary N) is 1. The van der Waals surface area contributed by atoms with E-state index in [-0.39, 0.29) is 5.82 Å². The average Bonchev–Trinajstić information content (AvgIpc) is 2.69. The van der Waals surface area contributed by atoms with E-state index < -0.39 is 5.60 Å². The summed E-state index contributed by atoms with van der Waals surface area (Å²) in [6, 6.07) is 2.87. The minimum atomic E-state index is -0.646. The summed E-state index contributed by atoms with van der Waals surface area (Å²) in [5.41, 5.74) is 6.07. The van der Waals surface area contributed by atoms with Gasteiger partial charge in [0.05, 0.1) is 21.4 Å². The van der Waals surface area contributed by atoms with Gasteiger partial charge in [-0.25, -0.2) is 4.39 Å². The molecule has 0 amide bonds. The lowest BCUT2D eigenvalue weighted by Gasteiger charge is -2.23. The Kier molecular flexibility index (Phi) is 3.58. The second-order valence-corrected chi connectivity index (χ2v) is 5.49. The van der Waals surface area contributed by atoms with Gasteiger partial charge in [0.2, 0.25) is 0 Å². The van der Waals surface area contributed by atoms with Crippen molar-refractivity contribution < 1.29 is 9.50 Å². The van der Waals surface area contributed by atoms with E-state index in [2.05, 4.69) is 21.2 Å². The van der Waals surface area contributed by atoms with Crippen LogP contribution >= 0.6 is 15.9 Å². The van der Waals surface area contributed by atoms with Crippen molar-refractivity contribution in [2.75, 3.05) is 17.6 Å². The Morgan fingerprint density at radius 3 is 2.71 bits per heavy atom. The van der Waals surface area contributed by atoms with Crippen molar-refractivity contribution in [2.45, 2.75) is 31.3 Å². The quantitative estimate of drug-likeness (QED) is 0.753. The van der Waals surface area contributed by atoms with E-state index >= 15 is 0 Å². The molecule has 1 aliphatic rings. The molecule has 1 saturated carbocycles. The third-order valence-corrected chi connectivity index (χ3v) is 3.84. The Labute approximate surface area is 108 Å². The molecule has 4 N–H and O–H groups in total. The lowest BCUT2D eigenvalue weighted by atomic mass is 10.0. The summed E-state index contributed by atoms with van der Waals surface area (Å²) in [5.74, 6) is -0.382. The minimum absolute atomic E-state index is 0.354. The van der Waals surface area contributed by atoms with Crippen molar-refractivity contribution in [1.29, 1.82) is 0 Å². The molecule has 1 aromatic rings. The average molecular weight is 303 g/mol. The Bertz CT molecular complexity index is 419. The zero-order valence-corrected chi connectivity index (χ0v) is 11.1. The molecule has 5 heteroatoms. The molecule has 17 heavy (non-hydrogen) atoms. The molecule has 1 aliphatic carbocycles. The maximum Gasteiger partial charge on any atom is 0.139 e. The maximum absolute atomic E-state index is 13.2. The van der Waals surface area contributed by atoms with Crippen LogP contribution in [0.2, 0.25) is 0 Å². The van der Waals surface area contributed by atoms with E-state index in [1.54, 1.807) is 6.07 Å². The molecule has 0 spiro atoms. The molecule has 3 nitrogen and oxygen atoms in total. The summed E-state index contributed by atoms with van der Waals surface area (Å²) in [6.45, 7) is 0.454. The van der Waals surface area contributed by atoms with Crippen molar-refractivity contribution in [3.63, 3.8) is 0 Å². The Balaban J connectivity index is 2.06.